The van der Waals surface area contributed by atoms with Crippen molar-refractivity contribution in [3.8, 4) is 0 Å². The van der Waals surface area contributed by atoms with Crippen LogP contribution in [0.5, 0.6) is 0 Å². The Bertz CT molecular complexity index is 447. The highest BCUT2D eigenvalue weighted by Gasteiger charge is 2.10. The van der Waals surface area contributed by atoms with Crippen molar-refractivity contribution in [1.82, 2.24) is 9.55 Å². The predicted octanol–water partition coefficient (Wildman–Crippen LogP) is 2.14. The number of halogens is 1. The second-order valence-corrected chi connectivity index (χ2v) is 4.10. The van der Waals surface area contributed by atoms with Crippen molar-refractivity contribution in [2.75, 3.05) is 5.73 Å². The molecule has 0 radical (unpaired) electrons. The number of nitrogens with two attached hydrogens (primary N) is 1. The SMILES string of the molecule is Cn1c(N)nc(CCc2ccco2)c1Br. The summed E-state index contributed by atoms with van der Waals surface area (Å²) in [5.74, 6) is 1.49. The standard InChI is InChI=1S/C10H12BrN3O/c1-14-9(11)8(13-10(14)12)5-4-7-3-2-6-15-7/h2-3,6H,4-5H2,1H3,(H2,12,13). The molecule has 2 rings (SSSR count). The van der Waals surface area contributed by atoms with Crippen molar-refractivity contribution >= 4 is 21.9 Å². The monoisotopic (exact) mass is 269 g/mol. The maximum atomic E-state index is 5.69. The average Bonchev–Trinajstić information content (AvgIpc) is 2.80. The maximum Gasteiger partial charge on any atom is 0.201 e. The number of rotatable bonds is 3. The van der Waals surface area contributed by atoms with Gasteiger partial charge in [-0.05, 0) is 34.5 Å². The van der Waals surface area contributed by atoms with Crippen LogP contribution < -0.4 is 5.73 Å². The lowest BCUT2D eigenvalue weighted by molar-refractivity contribution is 0.507. The van der Waals surface area contributed by atoms with Crippen LogP contribution in [0.15, 0.2) is 27.4 Å². The van der Waals surface area contributed by atoms with E-state index in [1.807, 2.05) is 23.7 Å². The molecule has 5 heteroatoms. The topological polar surface area (TPSA) is 57.0 Å². The third kappa shape index (κ3) is 2.07. The van der Waals surface area contributed by atoms with Crippen LogP contribution in [0.1, 0.15) is 11.5 Å². The van der Waals surface area contributed by atoms with Crippen LogP contribution in [0.3, 0.4) is 0 Å². The Morgan fingerprint density at radius 1 is 1.53 bits per heavy atom. The first kappa shape index (κ1) is 10.3. The lowest BCUT2D eigenvalue weighted by atomic mass is 10.2. The third-order valence-corrected chi connectivity index (χ3v) is 3.30. The number of furan rings is 1. The smallest absolute Gasteiger partial charge is 0.201 e. The van der Waals surface area contributed by atoms with Gasteiger partial charge in [-0.3, -0.25) is 0 Å². The van der Waals surface area contributed by atoms with Crippen LogP contribution in [-0.2, 0) is 19.9 Å². The van der Waals surface area contributed by atoms with Gasteiger partial charge in [0.25, 0.3) is 0 Å². The summed E-state index contributed by atoms with van der Waals surface area (Å²) >= 11 is 3.46. The van der Waals surface area contributed by atoms with E-state index in [0.717, 1.165) is 28.9 Å². The normalized spacial score (nSPS) is 10.8. The molecule has 15 heavy (non-hydrogen) atoms. The van der Waals surface area contributed by atoms with Gasteiger partial charge in [-0.1, -0.05) is 0 Å². The molecule has 0 aliphatic rings. The van der Waals surface area contributed by atoms with E-state index in [9.17, 15) is 0 Å². The summed E-state index contributed by atoms with van der Waals surface area (Å²) in [6.07, 6.45) is 3.33. The van der Waals surface area contributed by atoms with Gasteiger partial charge in [0.1, 0.15) is 10.4 Å². The first-order valence-electron chi connectivity index (χ1n) is 4.67. The number of imidazole rings is 1. The zero-order chi connectivity index (χ0) is 10.8. The number of aryl methyl sites for hydroxylation is 2. The molecule has 0 fully saturated rings. The van der Waals surface area contributed by atoms with Gasteiger partial charge in [-0.15, -0.1) is 0 Å². The number of aromatic nitrogens is 2. The Balaban J connectivity index is 2.08. The highest BCUT2D eigenvalue weighted by Crippen LogP contribution is 2.20. The minimum atomic E-state index is 0.524. The van der Waals surface area contributed by atoms with E-state index in [4.69, 9.17) is 10.2 Å². The molecule has 2 aromatic heterocycles. The zero-order valence-corrected chi connectivity index (χ0v) is 9.99. The van der Waals surface area contributed by atoms with Crippen molar-refractivity contribution in [3.05, 3.63) is 34.5 Å². The second kappa shape index (κ2) is 4.10. The van der Waals surface area contributed by atoms with Crippen molar-refractivity contribution in [2.24, 2.45) is 7.05 Å². The molecule has 0 amide bonds. The van der Waals surface area contributed by atoms with Gasteiger partial charge in [0.2, 0.25) is 5.95 Å². The number of nitrogens with zero attached hydrogens (tertiary/aromatic N) is 2. The minimum Gasteiger partial charge on any atom is -0.469 e. The first-order valence-corrected chi connectivity index (χ1v) is 5.46. The summed E-state index contributed by atoms with van der Waals surface area (Å²) in [6.45, 7) is 0. The number of nitrogen functional groups attached to an aromatic ring is 1. The fourth-order valence-corrected chi connectivity index (χ4v) is 1.88. The fraction of sp³-hybridized carbons (Fsp3) is 0.300. The van der Waals surface area contributed by atoms with Crippen LogP contribution in [0.4, 0.5) is 5.95 Å². The molecule has 4 nitrogen and oxygen atoms in total. The van der Waals surface area contributed by atoms with Gasteiger partial charge in [0.15, 0.2) is 0 Å². The van der Waals surface area contributed by atoms with Crippen LogP contribution in [0, 0.1) is 0 Å². The Labute approximate surface area is 96.2 Å². The molecule has 0 unspecified atom stereocenters. The van der Waals surface area contributed by atoms with Crippen molar-refractivity contribution < 1.29 is 4.42 Å². The summed E-state index contributed by atoms with van der Waals surface area (Å²) < 4.78 is 8.00. The highest BCUT2D eigenvalue weighted by molar-refractivity contribution is 9.10. The molecule has 0 spiro atoms. The lowest BCUT2D eigenvalue weighted by Crippen LogP contribution is -1.96. The van der Waals surface area contributed by atoms with E-state index in [2.05, 4.69) is 20.9 Å². The van der Waals surface area contributed by atoms with Crippen LogP contribution in [-0.4, -0.2) is 9.55 Å². The Morgan fingerprint density at radius 3 is 2.87 bits per heavy atom. The van der Waals surface area contributed by atoms with Crippen molar-refractivity contribution in [3.63, 3.8) is 0 Å². The largest absolute Gasteiger partial charge is 0.469 e. The van der Waals surface area contributed by atoms with Gasteiger partial charge in [0.05, 0.1) is 12.0 Å². The summed E-state index contributed by atoms with van der Waals surface area (Å²) in [7, 11) is 1.88. The first-order chi connectivity index (χ1) is 7.18. The molecular weight excluding hydrogens is 258 g/mol. The summed E-state index contributed by atoms with van der Waals surface area (Å²) in [5.41, 5.74) is 6.65. The molecule has 0 atom stereocenters. The van der Waals surface area contributed by atoms with Gasteiger partial charge in [-0.2, -0.15) is 0 Å². The van der Waals surface area contributed by atoms with E-state index in [1.165, 1.54) is 0 Å². The maximum absolute atomic E-state index is 5.69. The average molecular weight is 270 g/mol. The molecule has 80 valence electrons. The van der Waals surface area contributed by atoms with E-state index in [1.54, 1.807) is 6.26 Å². The van der Waals surface area contributed by atoms with Crippen molar-refractivity contribution in [2.45, 2.75) is 12.8 Å². The predicted molar refractivity (Wildman–Crippen MR) is 61.4 cm³/mol. The Hall–Kier alpha value is -1.23. The van der Waals surface area contributed by atoms with Gasteiger partial charge in [-0.25, -0.2) is 4.98 Å². The molecule has 0 bridgehead atoms. The van der Waals surface area contributed by atoms with E-state index in [-0.39, 0.29) is 0 Å². The summed E-state index contributed by atoms with van der Waals surface area (Å²) in [4.78, 5) is 4.26. The molecule has 0 saturated carbocycles. The molecular formula is C10H12BrN3O. The molecule has 0 saturated heterocycles. The van der Waals surface area contributed by atoms with Crippen LogP contribution in [0.2, 0.25) is 0 Å². The van der Waals surface area contributed by atoms with E-state index < -0.39 is 0 Å². The Kier molecular flexibility index (Phi) is 2.81. The van der Waals surface area contributed by atoms with Crippen molar-refractivity contribution in [1.29, 1.82) is 0 Å². The minimum absolute atomic E-state index is 0.524. The van der Waals surface area contributed by atoms with E-state index >= 15 is 0 Å². The molecule has 2 aromatic rings. The summed E-state index contributed by atoms with van der Waals surface area (Å²) in [6, 6.07) is 3.84. The molecule has 0 aliphatic carbocycles. The van der Waals surface area contributed by atoms with Gasteiger partial charge in [0, 0.05) is 13.5 Å². The quantitative estimate of drug-likeness (QED) is 0.929. The summed E-state index contributed by atoms with van der Waals surface area (Å²) in [5, 5.41) is 0. The number of hydrogen-bond acceptors (Lipinski definition) is 3. The highest BCUT2D eigenvalue weighted by atomic mass is 79.9. The second-order valence-electron chi connectivity index (χ2n) is 3.35. The third-order valence-electron chi connectivity index (χ3n) is 2.31. The fourth-order valence-electron chi connectivity index (χ4n) is 1.41. The molecule has 0 aliphatic heterocycles. The Morgan fingerprint density at radius 2 is 2.33 bits per heavy atom. The molecule has 2 heterocycles. The zero-order valence-electron chi connectivity index (χ0n) is 8.40. The number of anilines is 1. The number of hydrogen-bond donors (Lipinski definition) is 1. The van der Waals surface area contributed by atoms with Gasteiger partial charge < -0.3 is 14.7 Å². The van der Waals surface area contributed by atoms with Crippen LogP contribution >= 0.6 is 15.9 Å². The molecule has 2 N–H and O–H groups in total. The van der Waals surface area contributed by atoms with E-state index in [0.29, 0.717) is 5.95 Å². The van der Waals surface area contributed by atoms with Gasteiger partial charge >= 0.3 is 0 Å². The lowest BCUT2D eigenvalue weighted by Gasteiger charge is -1.97. The van der Waals surface area contributed by atoms with Crippen LogP contribution in [0.25, 0.3) is 0 Å². The molecule has 0 aromatic carbocycles.